The van der Waals surface area contributed by atoms with Crippen LogP contribution in [0, 0.1) is 0 Å². The molecule has 0 amide bonds. The van der Waals surface area contributed by atoms with Crippen LogP contribution in [0.4, 0.5) is 5.13 Å². The van der Waals surface area contributed by atoms with Gasteiger partial charge in [0, 0.05) is 19.9 Å². The lowest BCUT2D eigenvalue weighted by molar-refractivity contribution is 0.0517. The van der Waals surface area contributed by atoms with E-state index < -0.39 is 5.97 Å². The predicted octanol–water partition coefficient (Wildman–Crippen LogP) is 1.30. The van der Waals surface area contributed by atoms with Crippen LogP contribution in [-0.4, -0.2) is 45.1 Å². The third-order valence-electron chi connectivity index (χ3n) is 2.52. The third-order valence-corrected chi connectivity index (χ3v) is 3.63. The van der Waals surface area contributed by atoms with E-state index in [9.17, 15) is 9.59 Å². The predicted molar refractivity (Wildman–Crippen MR) is 76.7 cm³/mol. The molecule has 8 nitrogen and oxygen atoms in total. The van der Waals surface area contributed by atoms with Gasteiger partial charge in [-0.1, -0.05) is 11.3 Å². The van der Waals surface area contributed by atoms with Crippen molar-refractivity contribution in [2.24, 2.45) is 0 Å². The van der Waals surface area contributed by atoms with Crippen molar-refractivity contribution < 1.29 is 14.3 Å². The van der Waals surface area contributed by atoms with E-state index in [0.717, 1.165) is 17.2 Å². The fraction of sp³-hybridized carbons (Fsp3) is 0.417. The zero-order valence-electron chi connectivity index (χ0n) is 11.7. The Morgan fingerprint density at radius 1 is 1.48 bits per heavy atom. The molecule has 0 atom stereocenters. The molecule has 0 bridgehead atoms. The van der Waals surface area contributed by atoms with Gasteiger partial charge in [-0.05, 0) is 6.92 Å². The first-order valence-electron chi connectivity index (χ1n) is 6.38. The molecule has 0 radical (unpaired) electrons. The minimum absolute atomic E-state index is 0.0662. The number of H-pyrrole nitrogens is 1. The molecule has 2 rings (SSSR count). The van der Waals surface area contributed by atoms with Crippen LogP contribution in [0.15, 0.2) is 6.33 Å². The molecule has 0 saturated carbocycles. The zero-order valence-corrected chi connectivity index (χ0v) is 12.5. The van der Waals surface area contributed by atoms with Crippen molar-refractivity contribution in [1.29, 1.82) is 0 Å². The Morgan fingerprint density at radius 3 is 2.90 bits per heavy atom. The second-order valence-electron chi connectivity index (χ2n) is 4.08. The summed E-state index contributed by atoms with van der Waals surface area (Å²) < 4.78 is 4.90. The number of esters is 1. The van der Waals surface area contributed by atoms with Gasteiger partial charge in [0.1, 0.15) is 17.0 Å². The number of hydrogen-bond acceptors (Lipinski definition) is 8. The van der Waals surface area contributed by atoms with Gasteiger partial charge >= 0.3 is 5.97 Å². The van der Waals surface area contributed by atoms with Gasteiger partial charge < -0.3 is 10.1 Å². The molecule has 0 saturated heterocycles. The lowest BCUT2D eigenvalue weighted by Crippen LogP contribution is -2.10. The van der Waals surface area contributed by atoms with Gasteiger partial charge in [0.15, 0.2) is 16.6 Å². The van der Waals surface area contributed by atoms with E-state index in [2.05, 4.69) is 25.5 Å². The number of hydrogen-bond donors (Lipinski definition) is 2. The average Bonchev–Trinajstić information content (AvgIpc) is 3.08. The van der Waals surface area contributed by atoms with Crippen LogP contribution >= 0.6 is 11.3 Å². The van der Waals surface area contributed by atoms with Crippen molar-refractivity contribution in [3.05, 3.63) is 22.7 Å². The monoisotopic (exact) mass is 309 g/mol. The SMILES string of the molecule is CCOC(=O)c1nc(NCCc2ncn[nH]2)sc1C(C)=O. The number of anilines is 1. The van der Waals surface area contributed by atoms with E-state index in [0.29, 0.717) is 23.0 Å². The molecule has 2 aromatic rings. The van der Waals surface area contributed by atoms with Crippen molar-refractivity contribution in [1.82, 2.24) is 20.2 Å². The Labute approximate surface area is 125 Å². The molecule has 9 heteroatoms. The fourth-order valence-corrected chi connectivity index (χ4v) is 2.49. The average molecular weight is 309 g/mol. The fourth-order valence-electron chi connectivity index (χ4n) is 1.61. The van der Waals surface area contributed by atoms with E-state index >= 15 is 0 Å². The Kier molecular flexibility index (Phi) is 4.99. The minimum Gasteiger partial charge on any atom is -0.461 e. The summed E-state index contributed by atoms with van der Waals surface area (Å²) >= 11 is 1.14. The molecule has 0 aliphatic heterocycles. The Bertz CT molecular complexity index is 623. The number of aromatic nitrogens is 4. The molecule has 0 fully saturated rings. The normalized spacial score (nSPS) is 10.4. The number of rotatable bonds is 7. The van der Waals surface area contributed by atoms with Crippen molar-refractivity contribution in [2.75, 3.05) is 18.5 Å². The third kappa shape index (κ3) is 3.85. The van der Waals surface area contributed by atoms with Gasteiger partial charge in [-0.15, -0.1) is 0 Å². The number of Topliss-reactive ketones (excluding diaryl/α,β-unsaturated/α-hetero) is 1. The highest BCUT2D eigenvalue weighted by molar-refractivity contribution is 7.17. The molecule has 0 aliphatic carbocycles. The number of carbonyl (C=O) groups is 2. The van der Waals surface area contributed by atoms with Gasteiger partial charge in [-0.25, -0.2) is 14.8 Å². The number of aromatic amines is 1. The molecule has 0 unspecified atom stereocenters. The Morgan fingerprint density at radius 2 is 2.29 bits per heavy atom. The number of carbonyl (C=O) groups excluding carboxylic acids is 2. The number of nitrogens with one attached hydrogen (secondary N) is 2. The highest BCUT2D eigenvalue weighted by atomic mass is 32.1. The van der Waals surface area contributed by atoms with E-state index in [1.165, 1.54) is 13.3 Å². The molecule has 21 heavy (non-hydrogen) atoms. The van der Waals surface area contributed by atoms with Crippen LogP contribution in [0.2, 0.25) is 0 Å². The van der Waals surface area contributed by atoms with Gasteiger partial charge in [0.2, 0.25) is 0 Å². The molecular weight excluding hydrogens is 294 g/mol. The van der Waals surface area contributed by atoms with Crippen LogP contribution < -0.4 is 5.32 Å². The summed E-state index contributed by atoms with van der Waals surface area (Å²) in [6.07, 6.45) is 2.06. The Hall–Kier alpha value is -2.29. The van der Waals surface area contributed by atoms with Gasteiger partial charge in [0.05, 0.1) is 6.61 Å². The van der Waals surface area contributed by atoms with Crippen LogP contribution in [0.1, 0.15) is 39.8 Å². The summed E-state index contributed by atoms with van der Waals surface area (Å²) in [5.41, 5.74) is 0.0662. The summed E-state index contributed by atoms with van der Waals surface area (Å²) in [5.74, 6) is -0.0439. The van der Waals surface area contributed by atoms with Crippen LogP contribution in [-0.2, 0) is 11.2 Å². The number of nitrogens with zero attached hydrogens (tertiary/aromatic N) is 3. The van der Waals surface area contributed by atoms with Gasteiger partial charge in [-0.2, -0.15) is 5.10 Å². The lowest BCUT2D eigenvalue weighted by Gasteiger charge is -2.00. The highest BCUT2D eigenvalue weighted by Crippen LogP contribution is 2.24. The topological polar surface area (TPSA) is 110 Å². The quantitative estimate of drug-likeness (QED) is 0.586. The largest absolute Gasteiger partial charge is 0.461 e. The van der Waals surface area contributed by atoms with Gasteiger partial charge in [0.25, 0.3) is 0 Å². The maximum absolute atomic E-state index is 11.8. The maximum Gasteiger partial charge on any atom is 0.358 e. The number of ketones is 1. The summed E-state index contributed by atoms with van der Waals surface area (Å²) in [5, 5.41) is 10.1. The minimum atomic E-state index is -0.581. The molecular formula is C12H15N5O3S. The highest BCUT2D eigenvalue weighted by Gasteiger charge is 2.22. The van der Waals surface area contributed by atoms with Crippen molar-refractivity contribution in [3.63, 3.8) is 0 Å². The first-order chi connectivity index (χ1) is 10.1. The molecule has 112 valence electrons. The second kappa shape index (κ2) is 6.93. The summed E-state index contributed by atoms with van der Waals surface area (Å²) in [7, 11) is 0. The summed E-state index contributed by atoms with van der Waals surface area (Å²) in [4.78, 5) is 31.8. The van der Waals surface area contributed by atoms with E-state index in [-0.39, 0.29) is 18.1 Å². The number of ether oxygens (including phenoxy) is 1. The van der Waals surface area contributed by atoms with Crippen molar-refractivity contribution >= 4 is 28.2 Å². The maximum atomic E-state index is 11.8. The van der Waals surface area contributed by atoms with E-state index in [1.54, 1.807) is 6.92 Å². The van der Waals surface area contributed by atoms with E-state index in [1.807, 2.05) is 0 Å². The number of thiazole rings is 1. The van der Waals surface area contributed by atoms with Crippen LogP contribution in [0.25, 0.3) is 0 Å². The summed E-state index contributed by atoms with van der Waals surface area (Å²) in [6.45, 7) is 3.90. The van der Waals surface area contributed by atoms with Crippen LogP contribution in [0.5, 0.6) is 0 Å². The van der Waals surface area contributed by atoms with Gasteiger partial charge in [-0.3, -0.25) is 9.89 Å². The van der Waals surface area contributed by atoms with Crippen molar-refractivity contribution in [2.45, 2.75) is 20.3 Å². The smallest absolute Gasteiger partial charge is 0.358 e. The Balaban J connectivity index is 2.04. The first kappa shape index (κ1) is 15.1. The summed E-state index contributed by atoms with van der Waals surface area (Å²) in [6, 6.07) is 0. The van der Waals surface area contributed by atoms with Crippen molar-refractivity contribution in [3.8, 4) is 0 Å². The molecule has 2 N–H and O–H groups in total. The van der Waals surface area contributed by atoms with E-state index in [4.69, 9.17) is 4.74 Å². The zero-order chi connectivity index (χ0) is 15.2. The molecule has 0 aliphatic rings. The molecule has 0 spiro atoms. The lowest BCUT2D eigenvalue weighted by atomic mass is 10.3. The molecule has 2 heterocycles. The molecule has 0 aromatic carbocycles. The second-order valence-corrected chi connectivity index (χ2v) is 5.08. The first-order valence-corrected chi connectivity index (χ1v) is 7.20. The van der Waals surface area contributed by atoms with Crippen LogP contribution in [0.3, 0.4) is 0 Å². The standard InChI is InChI=1S/C12H15N5O3S/c1-3-20-11(19)9-10(7(2)18)21-12(16-9)13-5-4-8-14-6-15-17-8/h6H,3-5H2,1-2H3,(H,13,16)(H,14,15,17). The molecule has 2 aromatic heterocycles.